The van der Waals surface area contributed by atoms with E-state index in [1.54, 1.807) is 6.07 Å². The lowest BCUT2D eigenvalue weighted by atomic mass is 10.2. The predicted molar refractivity (Wildman–Crippen MR) is 84.4 cm³/mol. The molecule has 0 aromatic carbocycles. The van der Waals surface area contributed by atoms with Crippen molar-refractivity contribution < 1.29 is 4.79 Å². The number of hydrogen-bond donors (Lipinski definition) is 1. The van der Waals surface area contributed by atoms with Gasteiger partial charge < -0.3 is 10.2 Å². The van der Waals surface area contributed by atoms with E-state index in [2.05, 4.69) is 29.4 Å². The van der Waals surface area contributed by atoms with Crippen molar-refractivity contribution in [2.75, 3.05) is 18.4 Å². The van der Waals surface area contributed by atoms with E-state index in [1.165, 1.54) is 25.7 Å². The molecular weight excluding hydrogens is 264 g/mol. The number of hydrogen-bond acceptors (Lipinski definition) is 4. The van der Waals surface area contributed by atoms with Crippen LogP contribution in [-0.4, -0.2) is 40.1 Å². The van der Waals surface area contributed by atoms with Gasteiger partial charge >= 0.3 is 0 Å². The monoisotopic (exact) mass is 290 g/mol. The van der Waals surface area contributed by atoms with Crippen LogP contribution in [0, 0.1) is 0 Å². The van der Waals surface area contributed by atoms with Crippen LogP contribution < -0.4 is 5.32 Å². The van der Waals surface area contributed by atoms with Crippen LogP contribution in [0.15, 0.2) is 12.1 Å². The van der Waals surface area contributed by atoms with Crippen molar-refractivity contribution in [3.05, 3.63) is 17.8 Å². The van der Waals surface area contributed by atoms with Crippen LogP contribution in [0.1, 0.15) is 62.9 Å². The highest BCUT2D eigenvalue weighted by Gasteiger charge is 2.18. The molecule has 0 saturated heterocycles. The molecule has 1 saturated carbocycles. The fourth-order valence-electron chi connectivity index (χ4n) is 2.82. The molecule has 1 aromatic heterocycles. The molecule has 0 bridgehead atoms. The van der Waals surface area contributed by atoms with E-state index in [9.17, 15) is 4.79 Å². The fraction of sp³-hybridized carbons (Fsp3) is 0.688. The molecule has 0 aliphatic heterocycles. The molecule has 1 aliphatic rings. The maximum atomic E-state index is 12.4. The summed E-state index contributed by atoms with van der Waals surface area (Å²) in [5, 5.41) is 11.6. The van der Waals surface area contributed by atoms with Crippen LogP contribution in [0.25, 0.3) is 0 Å². The average Bonchev–Trinajstić information content (AvgIpc) is 3.00. The van der Waals surface area contributed by atoms with Crippen molar-refractivity contribution in [3.8, 4) is 0 Å². The fourth-order valence-corrected chi connectivity index (χ4v) is 2.82. The van der Waals surface area contributed by atoms with Crippen molar-refractivity contribution in [3.63, 3.8) is 0 Å². The summed E-state index contributed by atoms with van der Waals surface area (Å²) in [7, 11) is 0. The van der Waals surface area contributed by atoms with E-state index < -0.39 is 0 Å². The van der Waals surface area contributed by atoms with Gasteiger partial charge in [-0.1, -0.05) is 26.7 Å². The van der Waals surface area contributed by atoms with Gasteiger partial charge in [-0.15, -0.1) is 10.2 Å². The Morgan fingerprint density at radius 1 is 1.19 bits per heavy atom. The van der Waals surface area contributed by atoms with Crippen LogP contribution in [-0.2, 0) is 0 Å². The lowest BCUT2D eigenvalue weighted by Gasteiger charge is -2.20. The SMILES string of the molecule is CCCN(CCC)C(=O)c1ccc(NC2CCCC2)nn1. The minimum Gasteiger partial charge on any atom is -0.366 e. The maximum Gasteiger partial charge on any atom is 0.274 e. The second-order valence-electron chi connectivity index (χ2n) is 5.72. The summed E-state index contributed by atoms with van der Waals surface area (Å²) in [6.45, 7) is 5.71. The molecule has 1 N–H and O–H groups in total. The van der Waals surface area contributed by atoms with Gasteiger partial charge in [0.15, 0.2) is 5.69 Å². The Balaban J connectivity index is 1.97. The molecule has 1 amide bonds. The summed E-state index contributed by atoms with van der Waals surface area (Å²) in [5.74, 6) is 0.759. The van der Waals surface area contributed by atoms with E-state index in [4.69, 9.17) is 0 Å². The summed E-state index contributed by atoms with van der Waals surface area (Å²) in [5.41, 5.74) is 0.439. The first-order chi connectivity index (χ1) is 10.2. The van der Waals surface area contributed by atoms with Gasteiger partial charge in [0.05, 0.1) is 0 Å². The van der Waals surface area contributed by atoms with E-state index in [-0.39, 0.29) is 5.91 Å². The molecule has 5 heteroatoms. The van der Waals surface area contributed by atoms with Crippen LogP contribution >= 0.6 is 0 Å². The molecule has 5 nitrogen and oxygen atoms in total. The van der Waals surface area contributed by atoms with Crippen LogP contribution in [0.4, 0.5) is 5.82 Å². The second kappa shape index (κ2) is 7.96. The Bertz CT molecular complexity index is 434. The highest BCUT2D eigenvalue weighted by molar-refractivity contribution is 5.92. The number of aromatic nitrogens is 2. The summed E-state index contributed by atoms with van der Waals surface area (Å²) in [6.07, 6.45) is 6.88. The van der Waals surface area contributed by atoms with E-state index in [1.807, 2.05) is 11.0 Å². The van der Waals surface area contributed by atoms with E-state index in [0.29, 0.717) is 11.7 Å². The largest absolute Gasteiger partial charge is 0.366 e. The highest BCUT2D eigenvalue weighted by atomic mass is 16.2. The van der Waals surface area contributed by atoms with Crippen molar-refractivity contribution in [2.24, 2.45) is 0 Å². The number of nitrogens with one attached hydrogen (secondary N) is 1. The quantitative estimate of drug-likeness (QED) is 0.838. The molecule has 0 atom stereocenters. The zero-order chi connectivity index (χ0) is 15.1. The molecule has 0 radical (unpaired) electrons. The predicted octanol–water partition coefficient (Wildman–Crippen LogP) is 3.09. The third-order valence-electron chi connectivity index (χ3n) is 3.87. The Hall–Kier alpha value is -1.65. The number of nitrogens with zero attached hydrogens (tertiary/aromatic N) is 3. The van der Waals surface area contributed by atoms with Gasteiger partial charge in [0, 0.05) is 19.1 Å². The molecule has 0 spiro atoms. The van der Waals surface area contributed by atoms with Crippen molar-refractivity contribution in [1.29, 1.82) is 0 Å². The minimum atomic E-state index is -0.0152. The molecule has 1 aliphatic carbocycles. The van der Waals surface area contributed by atoms with E-state index in [0.717, 1.165) is 31.7 Å². The van der Waals surface area contributed by atoms with Gasteiger partial charge in [-0.05, 0) is 37.8 Å². The third kappa shape index (κ3) is 4.41. The summed E-state index contributed by atoms with van der Waals surface area (Å²) >= 11 is 0. The Kier molecular flexibility index (Phi) is 5.96. The smallest absolute Gasteiger partial charge is 0.274 e. The number of amides is 1. The Labute approximate surface area is 127 Å². The van der Waals surface area contributed by atoms with Crippen LogP contribution in [0.3, 0.4) is 0 Å². The standard InChI is InChI=1S/C16H26N4O/c1-3-11-20(12-4-2)16(21)14-9-10-15(19-18-14)17-13-7-5-6-8-13/h9-10,13H,3-8,11-12H2,1-2H3,(H,17,19). The molecule has 0 unspecified atom stereocenters. The van der Waals surface area contributed by atoms with Gasteiger partial charge in [0.1, 0.15) is 5.82 Å². The first-order valence-corrected chi connectivity index (χ1v) is 8.14. The molecule has 1 fully saturated rings. The lowest BCUT2D eigenvalue weighted by molar-refractivity contribution is 0.0748. The Morgan fingerprint density at radius 3 is 2.38 bits per heavy atom. The lowest BCUT2D eigenvalue weighted by Crippen LogP contribution is -2.33. The zero-order valence-corrected chi connectivity index (χ0v) is 13.1. The first-order valence-electron chi connectivity index (χ1n) is 8.14. The van der Waals surface area contributed by atoms with Gasteiger partial charge in [-0.2, -0.15) is 0 Å². The van der Waals surface area contributed by atoms with Crippen molar-refractivity contribution >= 4 is 11.7 Å². The van der Waals surface area contributed by atoms with Gasteiger partial charge in [-0.25, -0.2) is 0 Å². The maximum absolute atomic E-state index is 12.4. The number of rotatable bonds is 7. The summed E-state index contributed by atoms with van der Waals surface area (Å²) < 4.78 is 0. The average molecular weight is 290 g/mol. The molecule has 1 heterocycles. The van der Waals surface area contributed by atoms with Gasteiger partial charge in [0.25, 0.3) is 5.91 Å². The zero-order valence-electron chi connectivity index (χ0n) is 13.1. The number of carbonyl (C=O) groups excluding carboxylic acids is 1. The van der Waals surface area contributed by atoms with Gasteiger partial charge in [-0.3, -0.25) is 4.79 Å². The molecule has 116 valence electrons. The third-order valence-corrected chi connectivity index (χ3v) is 3.87. The molecule has 1 aromatic rings. The molecule has 2 rings (SSSR count). The second-order valence-corrected chi connectivity index (χ2v) is 5.72. The molecule has 21 heavy (non-hydrogen) atoms. The van der Waals surface area contributed by atoms with Gasteiger partial charge in [0.2, 0.25) is 0 Å². The van der Waals surface area contributed by atoms with Crippen LogP contribution in [0.5, 0.6) is 0 Å². The Morgan fingerprint density at radius 2 is 1.86 bits per heavy atom. The highest BCUT2D eigenvalue weighted by Crippen LogP contribution is 2.21. The summed E-state index contributed by atoms with van der Waals surface area (Å²) in [4.78, 5) is 14.2. The number of anilines is 1. The molecular formula is C16H26N4O. The first kappa shape index (κ1) is 15.7. The minimum absolute atomic E-state index is 0.0152. The van der Waals surface area contributed by atoms with Crippen LogP contribution in [0.2, 0.25) is 0 Å². The van der Waals surface area contributed by atoms with Crippen molar-refractivity contribution in [1.82, 2.24) is 15.1 Å². The summed E-state index contributed by atoms with van der Waals surface area (Å²) in [6, 6.07) is 4.16. The normalized spacial score (nSPS) is 15.1. The number of carbonyl (C=O) groups is 1. The topological polar surface area (TPSA) is 58.1 Å². The van der Waals surface area contributed by atoms with E-state index >= 15 is 0 Å². The van der Waals surface area contributed by atoms with Crippen molar-refractivity contribution in [2.45, 2.75) is 58.4 Å².